The van der Waals surface area contributed by atoms with Gasteiger partial charge in [0.15, 0.2) is 0 Å². The van der Waals surface area contributed by atoms with Crippen LogP contribution in [0.15, 0.2) is 24.3 Å². The Hall–Kier alpha value is -1.18. The van der Waals surface area contributed by atoms with E-state index in [1.807, 2.05) is 0 Å². The lowest BCUT2D eigenvalue weighted by molar-refractivity contribution is 0.636. The lowest BCUT2D eigenvalue weighted by Gasteiger charge is -2.24. The Morgan fingerprint density at radius 1 is 1.18 bits per heavy atom. The molecule has 0 unspecified atom stereocenters. The highest BCUT2D eigenvalue weighted by atomic mass is 15.2. The van der Waals surface area contributed by atoms with Crippen molar-refractivity contribution in [2.75, 3.05) is 24.5 Å². The van der Waals surface area contributed by atoms with Crippen LogP contribution >= 0.6 is 0 Å². The van der Waals surface area contributed by atoms with Crippen LogP contribution < -0.4 is 10.2 Å². The number of benzene rings is 1. The molecule has 17 heavy (non-hydrogen) atoms. The number of anilines is 1. The van der Waals surface area contributed by atoms with E-state index >= 15 is 0 Å². The molecule has 1 aromatic rings. The molecule has 0 spiro atoms. The summed E-state index contributed by atoms with van der Waals surface area (Å²) >= 11 is 0. The van der Waals surface area contributed by atoms with E-state index < -0.39 is 0 Å². The summed E-state index contributed by atoms with van der Waals surface area (Å²) in [6, 6.07) is 8.56. The molecule has 0 atom stereocenters. The maximum Gasteiger partial charge on any atom is 0.0807 e. The quantitative estimate of drug-likeness (QED) is 0.706. The van der Waals surface area contributed by atoms with Crippen molar-refractivity contribution in [2.24, 2.45) is 0 Å². The fraction of sp³-hybridized carbons (Fsp3) is 0.600. The third kappa shape index (κ3) is 3.39. The van der Waals surface area contributed by atoms with Crippen molar-refractivity contribution in [2.45, 2.75) is 39.0 Å². The van der Waals surface area contributed by atoms with Gasteiger partial charge in [0, 0.05) is 19.6 Å². The Labute approximate surface area is 105 Å². The zero-order valence-electron chi connectivity index (χ0n) is 10.9. The van der Waals surface area contributed by atoms with Gasteiger partial charge in [-0.3, -0.25) is 5.32 Å². The van der Waals surface area contributed by atoms with E-state index in [1.54, 1.807) is 0 Å². The van der Waals surface area contributed by atoms with Gasteiger partial charge < -0.3 is 4.90 Å². The van der Waals surface area contributed by atoms with Crippen LogP contribution in [0.5, 0.6) is 0 Å². The molecule has 0 aliphatic carbocycles. The van der Waals surface area contributed by atoms with Gasteiger partial charge in [-0.1, -0.05) is 38.3 Å². The standard InChI is InChI=1S/C15H23N2/c1-2-3-4-7-12-17-13-8-11-16-14-9-5-6-10-15(14)17/h5-6,9-10H,2-4,7-8,11-13H2,1H3. The first-order valence-corrected chi connectivity index (χ1v) is 6.93. The maximum atomic E-state index is 4.64. The smallest absolute Gasteiger partial charge is 0.0807 e. The van der Waals surface area contributed by atoms with E-state index in [4.69, 9.17) is 0 Å². The summed E-state index contributed by atoms with van der Waals surface area (Å²) in [6.07, 6.45) is 6.52. The largest absolute Gasteiger partial charge is 0.370 e. The predicted octanol–water partition coefficient (Wildman–Crippen LogP) is 3.71. The van der Waals surface area contributed by atoms with Gasteiger partial charge in [0.1, 0.15) is 0 Å². The molecular formula is C15H23N2. The lowest BCUT2D eigenvalue weighted by Crippen LogP contribution is -2.25. The van der Waals surface area contributed by atoms with Crippen LogP contribution in [0, 0.1) is 0 Å². The number of unbranched alkanes of at least 4 members (excludes halogenated alkanes) is 3. The molecule has 1 aliphatic rings. The maximum absolute atomic E-state index is 4.64. The van der Waals surface area contributed by atoms with Crippen molar-refractivity contribution in [3.63, 3.8) is 0 Å². The van der Waals surface area contributed by atoms with Gasteiger partial charge in [-0.25, -0.2) is 0 Å². The van der Waals surface area contributed by atoms with Crippen molar-refractivity contribution in [1.29, 1.82) is 0 Å². The van der Waals surface area contributed by atoms with Gasteiger partial charge in [-0.05, 0) is 25.0 Å². The van der Waals surface area contributed by atoms with Gasteiger partial charge in [-0.15, -0.1) is 0 Å². The van der Waals surface area contributed by atoms with Crippen LogP contribution in [0.4, 0.5) is 11.4 Å². The molecule has 2 heteroatoms. The van der Waals surface area contributed by atoms with E-state index in [1.165, 1.54) is 50.0 Å². The highest BCUT2D eigenvalue weighted by Gasteiger charge is 2.14. The third-order valence-electron chi connectivity index (χ3n) is 3.37. The molecule has 0 bridgehead atoms. The SMILES string of the molecule is CCCCCCN1CCC[N]c2ccccc21. The van der Waals surface area contributed by atoms with Gasteiger partial charge in [-0.2, -0.15) is 0 Å². The summed E-state index contributed by atoms with van der Waals surface area (Å²) < 4.78 is 0. The molecule has 2 rings (SSSR count). The minimum Gasteiger partial charge on any atom is -0.370 e. The van der Waals surface area contributed by atoms with Gasteiger partial charge >= 0.3 is 0 Å². The van der Waals surface area contributed by atoms with Crippen molar-refractivity contribution in [1.82, 2.24) is 5.32 Å². The summed E-state index contributed by atoms with van der Waals surface area (Å²) in [6.45, 7) is 5.59. The Kier molecular flexibility index (Phi) is 4.72. The number of nitrogens with zero attached hydrogens (tertiary/aromatic N) is 2. The van der Waals surface area contributed by atoms with Crippen molar-refractivity contribution < 1.29 is 0 Å². The average molecular weight is 231 g/mol. The van der Waals surface area contributed by atoms with Crippen LogP contribution in [0.3, 0.4) is 0 Å². The molecule has 2 nitrogen and oxygen atoms in total. The minimum absolute atomic E-state index is 0.975. The summed E-state index contributed by atoms with van der Waals surface area (Å²) in [5.74, 6) is 0. The first-order chi connectivity index (χ1) is 8.42. The topological polar surface area (TPSA) is 17.3 Å². The number of hydrogen-bond acceptors (Lipinski definition) is 1. The second-order valence-electron chi connectivity index (χ2n) is 4.77. The van der Waals surface area contributed by atoms with Crippen LogP contribution in [-0.4, -0.2) is 19.6 Å². The number of fused-ring (bicyclic) bond motifs is 1. The van der Waals surface area contributed by atoms with Crippen molar-refractivity contribution in [3.05, 3.63) is 24.3 Å². The summed E-state index contributed by atoms with van der Waals surface area (Å²) in [7, 11) is 0. The molecule has 1 aromatic carbocycles. The normalized spacial score (nSPS) is 15.0. The van der Waals surface area contributed by atoms with E-state index in [-0.39, 0.29) is 0 Å². The molecule has 0 saturated carbocycles. The lowest BCUT2D eigenvalue weighted by atomic mass is 10.2. The summed E-state index contributed by atoms with van der Waals surface area (Å²) in [5, 5.41) is 4.64. The zero-order chi connectivity index (χ0) is 11.9. The van der Waals surface area contributed by atoms with Crippen molar-refractivity contribution in [3.8, 4) is 0 Å². The fourth-order valence-electron chi connectivity index (χ4n) is 2.41. The highest BCUT2D eigenvalue weighted by Crippen LogP contribution is 2.28. The Bertz CT molecular complexity index is 335. The average Bonchev–Trinajstić information content (AvgIpc) is 2.57. The minimum atomic E-state index is 0.975. The van der Waals surface area contributed by atoms with Crippen molar-refractivity contribution >= 4 is 11.4 Å². The van der Waals surface area contributed by atoms with Gasteiger partial charge in [0.2, 0.25) is 0 Å². The second-order valence-corrected chi connectivity index (χ2v) is 4.77. The highest BCUT2D eigenvalue weighted by molar-refractivity contribution is 5.66. The van der Waals surface area contributed by atoms with Crippen LogP contribution in [0.1, 0.15) is 39.0 Å². The number of hydrogen-bond donors (Lipinski definition) is 0. The molecule has 0 N–H and O–H groups in total. The molecule has 0 aromatic heterocycles. The zero-order valence-corrected chi connectivity index (χ0v) is 10.9. The monoisotopic (exact) mass is 231 g/mol. The van der Waals surface area contributed by atoms with E-state index in [0.717, 1.165) is 13.1 Å². The molecule has 1 heterocycles. The summed E-state index contributed by atoms with van der Waals surface area (Å²) in [5.41, 5.74) is 2.52. The summed E-state index contributed by atoms with van der Waals surface area (Å²) in [4.78, 5) is 2.52. The molecule has 1 aliphatic heterocycles. The molecule has 93 valence electrons. The molecule has 0 fully saturated rings. The van der Waals surface area contributed by atoms with Gasteiger partial charge in [0.25, 0.3) is 0 Å². The number of rotatable bonds is 5. The van der Waals surface area contributed by atoms with E-state index in [2.05, 4.69) is 41.4 Å². The van der Waals surface area contributed by atoms with E-state index in [9.17, 15) is 0 Å². The second kappa shape index (κ2) is 6.53. The van der Waals surface area contributed by atoms with E-state index in [0.29, 0.717) is 0 Å². The first kappa shape index (κ1) is 12.3. The Morgan fingerprint density at radius 2 is 2.06 bits per heavy atom. The van der Waals surface area contributed by atoms with Crippen LogP contribution in [0.2, 0.25) is 0 Å². The molecule has 1 radical (unpaired) electrons. The van der Waals surface area contributed by atoms with Gasteiger partial charge in [0.05, 0.1) is 11.4 Å². The van der Waals surface area contributed by atoms with Crippen LogP contribution in [-0.2, 0) is 0 Å². The fourth-order valence-corrected chi connectivity index (χ4v) is 2.41. The number of para-hydroxylation sites is 2. The van der Waals surface area contributed by atoms with Crippen LogP contribution in [0.25, 0.3) is 0 Å². The molecule has 0 amide bonds. The Balaban J connectivity index is 1.97. The Morgan fingerprint density at radius 3 is 2.94 bits per heavy atom. The first-order valence-electron chi connectivity index (χ1n) is 6.93. The predicted molar refractivity (Wildman–Crippen MR) is 74.1 cm³/mol. The molecular weight excluding hydrogens is 208 g/mol. The molecule has 0 saturated heterocycles. The third-order valence-corrected chi connectivity index (χ3v) is 3.37.